The molecule has 1 saturated heterocycles. The predicted molar refractivity (Wildman–Crippen MR) is 133 cm³/mol. The average Bonchev–Trinajstić information content (AvgIpc) is 3.27. The number of halogens is 2. The van der Waals surface area contributed by atoms with Crippen molar-refractivity contribution in [2.75, 3.05) is 23.9 Å². The normalized spacial score (nSPS) is 17.8. The van der Waals surface area contributed by atoms with E-state index in [4.69, 9.17) is 4.74 Å². The van der Waals surface area contributed by atoms with Crippen molar-refractivity contribution in [3.05, 3.63) is 89.3 Å². The molecule has 6 nitrogen and oxygen atoms in total. The van der Waals surface area contributed by atoms with Crippen molar-refractivity contribution in [1.29, 1.82) is 0 Å². The number of rotatable bonds is 7. The topological polar surface area (TPSA) is 66.6 Å². The fraction of sp³-hybridized carbons (Fsp3) is 0.222. The second-order valence-corrected chi connectivity index (χ2v) is 8.39. The van der Waals surface area contributed by atoms with Gasteiger partial charge in [0.2, 0.25) is 0 Å². The van der Waals surface area contributed by atoms with Crippen molar-refractivity contribution in [3.8, 4) is 16.9 Å². The van der Waals surface area contributed by atoms with Crippen LogP contribution in [0.4, 0.5) is 20.2 Å². The molecule has 2 N–H and O–H groups in total. The van der Waals surface area contributed by atoms with E-state index >= 15 is 0 Å². The van der Waals surface area contributed by atoms with E-state index in [0.29, 0.717) is 11.1 Å². The first-order valence-corrected chi connectivity index (χ1v) is 11.4. The molecule has 3 aromatic carbocycles. The van der Waals surface area contributed by atoms with Crippen molar-refractivity contribution in [3.63, 3.8) is 0 Å². The van der Waals surface area contributed by atoms with Gasteiger partial charge in [0.15, 0.2) is 0 Å². The number of aromatic amines is 1. The van der Waals surface area contributed by atoms with Crippen molar-refractivity contribution in [2.45, 2.75) is 25.3 Å². The number of H-pyrrole nitrogens is 1. The molecule has 1 fully saturated rings. The van der Waals surface area contributed by atoms with E-state index in [-0.39, 0.29) is 23.6 Å². The third-order valence-corrected chi connectivity index (χ3v) is 6.30. The molecular formula is C27H25F2N3O3. The standard InChI is InChI=1S/C27H25F2N3O3/c1-34-26-24(31-18-5-4-6-20(15-18)35-27(28)29)13-14-32(26)19-11-9-17(10-12-19)23-16-30-25(33)22-8-3-2-7-21(22)23/h2-12,15-16,24,26-27,31H,13-14H2,1H3,(H,30,33). The van der Waals surface area contributed by atoms with Crippen LogP contribution in [0.2, 0.25) is 0 Å². The number of alkyl halides is 2. The number of methoxy groups -OCH3 is 1. The highest BCUT2D eigenvalue weighted by Gasteiger charge is 2.34. The maximum Gasteiger partial charge on any atom is 0.387 e. The molecule has 2 atom stereocenters. The molecule has 1 aliphatic rings. The number of nitrogens with one attached hydrogen (secondary N) is 2. The number of hydrogen-bond acceptors (Lipinski definition) is 5. The first-order chi connectivity index (χ1) is 17.0. The van der Waals surface area contributed by atoms with Crippen LogP contribution < -0.4 is 20.5 Å². The zero-order valence-corrected chi connectivity index (χ0v) is 19.1. The van der Waals surface area contributed by atoms with Crippen LogP contribution >= 0.6 is 0 Å². The Morgan fingerprint density at radius 2 is 1.80 bits per heavy atom. The minimum absolute atomic E-state index is 0.0374. The summed E-state index contributed by atoms with van der Waals surface area (Å²) in [4.78, 5) is 17.2. The first kappa shape index (κ1) is 22.9. The Kier molecular flexibility index (Phi) is 6.37. The van der Waals surface area contributed by atoms with Gasteiger partial charge in [-0.25, -0.2) is 0 Å². The number of benzene rings is 3. The summed E-state index contributed by atoms with van der Waals surface area (Å²) >= 11 is 0. The predicted octanol–water partition coefficient (Wildman–Crippen LogP) is 5.46. The molecule has 0 aliphatic carbocycles. The largest absolute Gasteiger partial charge is 0.435 e. The summed E-state index contributed by atoms with van der Waals surface area (Å²) in [6, 6.07) is 22.2. The maximum absolute atomic E-state index is 12.6. The van der Waals surface area contributed by atoms with Gasteiger partial charge in [0.25, 0.3) is 5.56 Å². The van der Waals surface area contributed by atoms with E-state index in [0.717, 1.165) is 35.2 Å². The second kappa shape index (κ2) is 9.76. The summed E-state index contributed by atoms with van der Waals surface area (Å²) in [7, 11) is 1.66. The lowest BCUT2D eigenvalue weighted by Crippen LogP contribution is -2.40. The second-order valence-electron chi connectivity index (χ2n) is 8.39. The lowest BCUT2D eigenvalue weighted by Gasteiger charge is -2.29. The Morgan fingerprint density at radius 3 is 2.54 bits per heavy atom. The third-order valence-electron chi connectivity index (χ3n) is 6.30. The van der Waals surface area contributed by atoms with Crippen LogP contribution in [0.5, 0.6) is 5.75 Å². The van der Waals surface area contributed by atoms with Crippen molar-refractivity contribution >= 4 is 22.1 Å². The Bertz CT molecular complexity index is 1370. The lowest BCUT2D eigenvalue weighted by atomic mass is 10.0. The summed E-state index contributed by atoms with van der Waals surface area (Å²) in [6.07, 6.45) is 2.32. The lowest BCUT2D eigenvalue weighted by molar-refractivity contribution is -0.0498. The van der Waals surface area contributed by atoms with Crippen LogP contribution in [0.15, 0.2) is 83.8 Å². The van der Waals surface area contributed by atoms with E-state index in [1.807, 2.05) is 54.6 Å². The molecule has 2 heterocycles. The maximum atomic E-state index is 12.6. The van der Waals surface area contributed by atoms with Gasteiger partial charge in [-0.15, -0.1) is 0 Å². The number of hydrogen-bond donors (Lipinski definition) is 2. The number of ether oxygens (including phenoxy) is 2. The number of fused-ring (bicyclic) bond motifs is 1. The molecule has 5 rings (SSSR count). The van der Waals surface area contributed by atoms with Gasteiger partial charge in [-0.05, 0) is 47.7 Å². The molecule has 35 heavy (non-hydrogen) atoms. The third kappa shape index (κ3) is 4.70. The highest BCUT2D eigenvalue weighted by Crippen LogP contribution is 2.32. The number of nitrogens with zero attached hydrogens (tertiary/aromatic N) is 1. The highest BCUT2D eigenvalue weighted by molar-refractivity contribution is 5.95. The molecule has 4 aromatic rings. The number of pyridine rings is 1. The van der Waals surface area contributed by atoms with Gasteiger partial charge in [0.1, 0.15) is 12.0 Å². The van der Waals surface area contributed by atoms with Gasteiger partial charge in [-0.2, -0.15) is 8.78 Å². The van der Waals surface area contributed by atoms with Crippen LogP contribution in [-0.4, -0.2) is 37.5 Å². The summed E-state index contributed by atoms with van der Waals surface area (Å²) in [6.45, 7) is -2.10. The van der Waals surface area contributed by atoms with Gasteiger partial charge in [0, 0.05) is 48.2 Å². The smallest absolute Gasteiger partial charge is 0.387 e. The zero-order chi connectivity index (χ0) is 24.4. The fourth-order valence-corrected chi connectivity index (χ4v) is 4.73. The van der Waals surface area contributed by atoms with E-state index in [2.05, 4.69) is 19.9 Å². The molecular weight excluding hydrogens is 452 g/mol. The Hall–Kier alpha value is -3.91. The van der Waals surface area contributed by atoms with Crippen molar-refractivity contribution in [2.24, 2.45) is 0 Å². The molecule has 180 valence electrons. The molecule has 0 bridgehead atoms. The summed E-state index contributed by atoms with van der Waals surface area (Å²) < 4.78 is 35.4. The number of aromatic nitrogens is 1. The van der Waals surface area contributed by atoms with Crippen LogP contribution in [-0.2, 0) is 4.74 Å². The molecule has 0 saturated carbocycles. The van der Waals surface area contributed by atoms with E-state index in [9.17, 15) is 13.6 Å². The summed E-state index contributed by atoms with van der Waals surface area (Å²) in [5.41, 5.74) is 3.55. The van der Waals surface area contributed by atoms with Gasteiger partial charge < -0.3 is 24.7 Å². The Morgan fingerprint density at radius 1 is 1.03 bits per heavy atom. The van der Waals surface area contributed by atoms with Crippen molar-refractivity contribution in [1.82, 2.24) is 4.98 Å². The first-order valence-electron chi connectivity index (χ1n) is 11.4. The van der Waals surface area contributed by atoms with Crippen LogP contribution in [0.25, 0.3) is 21.9 Å². The van der Waals surface area contributed by atoms with Crippen LogP contribution in [0, 0.1) is 0 Å². The quantitative estimate of drug-likeness (QED) is 0.370. The minimum Gasteiger partial charge on any atom is -0.435 e. The van der Waals surface area contributed by atoms with Gasteiger partial charge in [0.05, 0.1) is 6.04 Å². The molecule has 2 unspecified atom stereocenters. The summed E-state index contributed by atoms with van der Waals surface area (Å²) in [5, 5.41) is 4.95. The molecule has 8 heteroatoms. The Labute approximate surface area is 201 Å². The number of anilines is 2. The summed E-state index contributed by atoms with van der Waals surface area (Å²) in [5.74, 6) is 0.110. The highest BCUT2D eigenvalue weighted by atomic mass is 19.3. The monoisotopic (exact) mass is 477 g/mol. The van der Waals surface area contributed by atoms with E-state index in [1.54, 1.807) is 25.4 Å². The molecule has 0 amide bonds. The zero-order valence-electron chi connectivity index (χ0n) is 19.1. The van der Waals surface area contributed by atoms with Crippen LogP contribution in [0.1, 0.15) is 6.42 Å². The molecule has 0 spiro atoms. The van der Waals surface area contributed by atoms with Gasteiger partial charge in [-0.1, -0.05) is 36.4 Å². The molecule has 1 aliphatic heterocycles. The fourth-order valence-electron chi connectivity index (χ4n) is 4.73. The van der Waals surface area contributed by atoms with E-state index in [1.165, 1.54) is 6.07 Å². The van der Waals surface area contributed by atoms with Crippen molar-refractivity contribution < 1.29 is 18.3 Å². The average molecular weight is 478 g/mol. The van der Waals surface area contributed by atoms with Gasteiger partial charge >= 0.3 is 6.61 Å². The SMILES string of the molecule is COC1C(Nc2cccc(OC(F)F)c2)CCN1c1ccc(-c2c[nH]c(=O)c3ccccc23)cc1. The molecule has 1 aromatic heterocycles. The van der Waals surface area contributed by atoms with Crippen LogP contribution in [0.3, 0.4) is 0 Å². The van der Waals surface area contributed by atoms with E-state index < -0.39 is 6.61 Å². The minimum atomic E-state index is -2.86. The molecule has 0 radical (unpaired) electrons. The van der Waals surface area contributed by atoms with Gasteiger partial charge in [-0.3, -0.25) is 4.79 Å². The Balaban J connectivity index is 1.35.